The summed E-state index contributed by atoms with van der Waals surface area (Å²) in [7, 11) is -2.34. The summed E-state index contributed by atoms with van der Waals surface area (Å²) < 4.78 is 48.2. The second kappa shape index (κ2) is 8.27. The molecule has 0 spiro atoms. The lowest BCUT2D eigenvalue weighted by atomic mass is 9.63. The summed E-state index contributed by atoms with van der Waals surface area (Å²) in [4.78, 5) is 0. The van der Waals surface area contributed by atoms with E-state index in [0.29, 0.717) is 12.8 Å². The van der Waals surface area contributed by atoms with E-state index in [4.69, 9.17) is 4.43 Å². The molecule has 0 N–H and O–H groups in total. The van der Waals surface area contributed by atoms with Crippen molar-refractivity contribution in [3.05, 3.63) is 71.8 Å². The number of hydrogen-bond donors (Lipinski definition) is 0. The summed E-state index contributed by atoms with van der Waals surface area (Å²) in [6.45, 7) is 5.53. The van der Waals surface area contributed by atoms with Crippen molar-refractivity contribution in [1.29, 1.82) is 0 Å². The van der Waals surface area contributed by atoms with Crippen molar-refractivity contribution in [3.63, 3.8) is 0 Å². The summed E-state index contributed by atoms with van der Waals surface area (Å²) in [5, 5.41) is 0. The Balaban J connectivity index is 1.88. The smallest absolute Gasteiger partial charge is 0.404 e. The maximum Gasteiger partial charge on any atom is 0.416 e. The third-order valence-corrected chi connectivity index (χ3v) is 6.98. The standard InChI is InChI=1S/C24H31F3OSi/c1-29(2,3)28-23(24(25,26)27)16-14-22(15-17-23,18-20-10-6-4-7-11-20)19-21-12-8-5-9-13-21/h4-13H,14-19H2,1-3H3. The molecule has 158 valence electrons. The molecule has 0 radical (unpaired) electrons. The van der Waals surface area contributed by atoms with Crippen LogP contribution in [0.4, 0.5) is 13.2 Å². The van der Waals surface area contributed by atoms with Crippen molar-refractivity contribution in [2.75, 3.05) is 0 Å². The van der Waals surface area contributed by atoms with Crippen molar-refractivity contribution in [2.24, 2.45) is 5.41 Å². The Hall–Kier alpha value is -1.59. The third kappa shape index (κ3) is 5.52. The Morgan fingerprint density at radius 3 is 1.52 bits per heavy atom. The SMILES string of the molecule is C[Si](C)(C)OC1(C(F)(F)F)CCC(Cc2ccccc2)(Cc2ccccc2)CC1. The third-order valence-electron chi connectivity index (χ3n) is 5.98. The van der Waals surface area contributed by atoms with Gasteiger partial charge in [0.1, 0.15) is 0 Å². The van der Waals surface area contributed by atoms with Gasteiger partial charge in [-0.3, -0.25) is 0 Å². The molecule has 0 atom stereocenters. The van der Waals surface area contributed by atoms with Gasteiger partial charge in [0.15, 0.2) is 13.9 Å². The van der Waals surface area contributed by atoms with Crippen LogP contribution in [0.5, 0.6) is 0 Å². The van der Waals surface area contributed by atoms with Crippen LogP contribution < -0.4 is 0 Å². The minimum absolute atomic E-state index is 0.0421. The number of alkyl halides is 3. The molecular weight excluding hydrogens is 389 g/mol. The lowest BCUT2D eigenvalue weighted by Crippen LogP contribution is -2.56. The topological polar surface area (TPSA) is 9.23 Å². The van der Waals surface area contributed by atoms with Crippen LogP contribution in [0.3, 0.4) is 0 Å². The van der Waals surface area contributed by atoms with E-state index in [1.54, 1.807) is 0 Å². The zero-order chi connectivity index (χ0) is 21.2. The summed E-state index contributed by atoms with van der Waals surface area (Å²) in [5.41, 5.74) is 0.206. The molecule has 1 aliphatic carbocycles. The Labute approximate surface area is 173 Å². The van der Waals surface area contributed by atoms with E-state index < -0.39 is 20.1 Å². The van der Waals surface area contributed by atoms with Crippen LogP contribution in [-0.2, 0) is 17.3 Å². The van der Waals surface area contributed by atoms with E-state index in [1.165, 1.54) is 11.1 Å². The van der Waals surface area contributed by atoms with Gasteiger partial charge in [0.05, 0.1) is 0 Å². The van der Waals surface area contributed by atoms with E-state index in [0.717, 1.165) is 12.8 Å². The van der Waals surface area contributed by atoms with Gasteiger partial charge in [-0.2, -0.15) is 13.2 Å². The lowest BCUT2D eigenvalue weighted by molar-refractivity contribution is -0.267. The van der Waals surface area contributed by atoms with Crippen molar-refractivity contribution >= 4 is 8.32 Å². The van der Waals surface area contributed by atoms with Crippen LogP contribution in [-0.4, -0.2) is 20.1 Å². The number of hydrogen-bond acceptors (Lipinski definition) is 1. The zero-order valence-electron chi connectivity index (χ0n) is 17.6. The van der Waals surface area contributed by atoms with Gasteiger partial charge in [-0.05, 0) is 74.7 Å². The highest BCUT2D eigenvalue weighted by molar-refractivity contribution is 6.69. The van der Waals surface area contributed by atoms with Gasteiger partial charge in [0.25, 0.3) is 0 Å². The van der Waals surface area contributed by atoms with Gasteiger partial charge in [-0.1, -0.05) is 60.7 Å². The van der Waals surface area contributed by atoms with E-state index in [2.05, 4.69) is 24.3 Å². The lowest BCUT2D eigenvalue weighted by Gasteiger charge is -2.49. The average Bonchev–Trinajstić information content (AvgIpc) is 2.63. The molecule has 0 saturated heterocycles. The van der Waals surface area contributed by atoms with Gasteiger partial charge < -0.3 is 4.43 Å². The highest BCUT2D eigenvalue weighted by Crippen LogP contribution is 2.53. The fourth-order valence-electron chi connectivity index (χ4n) is 4.69. The molecule has 0 unspecified atom stereocenters. The van der Waals surface area contributed by atoms with Gasteiger partial charge in [-0.15, -0.1) is 0 Å². The van der Waals surface area contributed by atoms with Gasteiger partial charge in [0.2, 0.25) is 0 Å². The second-order valence-corrected chi connectivity index (χ2v) is 14.0. The normalized spacial score (nSPS) is 19.1. The first-order chi connectivity index (χ1) is 13.5. The summed E-state index contributed by atoms with van der Waals surface area (Å²) >= 11 is 0. The van der Waals surface area contributed by atoms with Crippen LogP contribution in [0, 0.1) is 5.41 Å². The molecule has 5 heteroatoms. The Kier molecular flexibility index (Phi) is 6.30. The quantitative estimate of drug-likeness (QED) is 0.450. The first-order valence-electron chi connectivity index (χ1n) is 10.4. The van der Waals surface area contributed by atoms with E-state index in [9.17, 15) is 13.2 Å². The Bertz CT molecular complexity index is 730. The van der Waals surface area contributed by atoms with E-state index in [1.807, 2.05) is 56.0 Å². The van der Waals surface area contributed by atoms with E-state index in [-0.39, 0.29) is 18.3 Å². The molecule has 0 heterocycles. The molecule has 3 rings (SSSR count). The van der Waals surface area contributed by atoms with Crippen molar-refractivity contribution in [2.45, 2.75) is 69.9 Å². The fourth-order valence-corrected chi connectivity index (χ4v) is 6.18. The number of halogens is 3. The van der Waals surface area contributed by atoms with Gasteiger partial charge in [-0.25, -0.2) is 0 Å². The number of benzene rings is 2. The van der Waals surface area contributed by atoms with Crippen molar-refractivity contribution in [3.8, 4) is 0 Å². The zero-order valence-corrected chi connectivity index (χ0v) is 18.6. The fraction of sp³-hybridized carbons (Fsp3) is 0.500. The van der Waals surface area contributed by atoms with Gasteiger partial charge >= 0.3 is 6.18 Å². The summed E-state index contributed by atoms with van der Waals surface area (Å²) in [6, 6.07) is 20.3. The molecule has 29 heavy (non-hydrogen) atoms. The van der Waals surface area contributed by atoms with Crippen LogP contribution in [0.25, 0.3) is 0 Å². The number of rotatable bonds is 6. The molecule has 1 fully saturated rings. The molecule has 0 bridgehead atoms. The second-order valence-electron chi connectivity index (χ2n) is 9.53. The molecule has 2 aromatic rings. The van der Waals surface area contributed by atoms with Gasteiger partial charge in [0, 0.05) is 0 Å². The minimum atomic E-state index is -4.33. The van der Waals surface area contributed by atoms with Crippen LogP contribution in [0.15, 0.2) is 60.7 Å². The monoisotopic (exact) mass is 420 g/mol. The molecule has 0 aliphatic heterocycles. The maximum atomic E-state index is 14.1. The Morgan fingerprint density at radius 1 is 0.759 bits per heavy atom. The van der Waals surface area contributed by atoms with Crippen molar-refractivity contribution in [1.82, 2.24) is 0 Å². The van der Waals surface area contributed by atoms with Crippen LogP contribution >= 0.6 is 0 Å². The molecule has 1 aliphatic rings. The van der Waals surface area contributed by atoms with Crippen molar-refractivity contribution < 1.29 is 17.6 Å². The Morgan fingerprint density at radius 2 is 1.17 bits per heavy atom. The molecule has 1 nitrogen and oxygen atoms in total. The summed E-state index contributed by atoms with van der Waals surface area (Å²) in [5.74, 6) is 0. The first-order valence-corrected chi connectivity index (χ1v) is 13.8. The van der Waals surface area contributed by atoms with Crippen LogP contribution in [0.2, 0.25) is 19.6 Å². The predicted octanol–water partition coefficient (Wildman–Crippen LogP) is 7.18. The first kappa shape index (κ1) is 22.1. The molecule has 0 aromatic heterocycles. The highest BCUT2D eigenvalue weighted by atomic mass is 28.4. The minimum Gasteiger partial charge on any atom is -0.404 e. The van der Waals surface area contributed by atoms with Crippen LogP contribution in [0.1, 0.15) is 36.8 Å². The highest BCUT2D eigenvalue weighted by Gasteiger charge is 2.60. The average molecular weight is 421 g/mol. The molecular formula is C24H31F3OSi. The molecule has 2 aromatic carbocycles. The summed E-state index contributed by atoms with van der Waals surface area (Å²) in [6.07, 6.45) is -1.63. The molecule has 0 amide bonds. The predicted molar refractivity (Wildman–Crippen MR) is 114 cm³/mol. The van der Waals surface area contributed by atoms with E-state index >= 15 is 0 Å². The largest absolute Gasteiger partial charge is 0.416 e. The molecule has 1 saturated carbocycles. The maximum absolute atomic E-state index is 14.1.